The lowest BCUT2D eigenvalue weighted by molar-refractivity contribution is 0.391. The Morgan fingerprint density at radius 1 is 1.54 bits per heavy atom. The molecular weight excluding hydrogens is 197 g/mol. The van der Waals surface area contributed by atoms with E-state index >= 15 is 0 Å². The standard InChI is InChI=1S/C7H10FN3O.ClH/c1-4(2)6(8)7-10-5(3-9)11-12-7;/h3,9H2,1-2H3;1H. The molecule has 0 atom stereocenters. The van der Waals surface area contributed by atoms with Gasteiger partial charge in [-0.1, -0.05) is 5.16 Å². The number of hydrogen-bond acceptors (Lipinski definition) is 4. The minimum atomic E-state index is -0.484. The summed E-state index contributed by atoms with van der Waals surface area (Å²) in [5.41, 5.74) is 5.72. The molecule has 1 aromatic heterocycles. The first kappa shape index (κ1) is 12.1. The van der Waals surface area contributed by atoms with Crippen LogP contribution in [0.15, 0.2) is 10.1 Å². The van der Waals surface area contributed by atoms with Crippen molar-refractivity contribution < 1.29 is 8.91 Å². The molecule has 0 radical (unpaired) electrons. The molecule has 0 saturated heterocycles. The van der Waals surface area contributed by atoms with Crippen LogP contribution in [0, 0.1) is 0 Å². The Balaban J connectivity index is 0.00000144. The Morgan fingerprint density at radius 3 is 2.54 bits per heavy atom. The van der Waals surface area contributed by atoms with Crippen molar-refractivity contribution in [1.29, 1.82) is 0 Å². The number of halogens is 2. The number of rotatable bonds is 2. The van der Waals surface area contributed by atoms with E-state index in [-0.39, 0.29) is 24.8 Å². The van der Waals surface area contributed by atoms with Crippen molar-refractivity contribution in [2.24, 2.45) is 5.73 Å². The Labute approximate surface area is 81.4 Å². The summed E-state index contributed by atoms with van der Waals surface area (Å²) in [6.07, 6.45) is 0. The second-order valence-corrected chi connectivity index (χ2v) is 2.53. The van der Waals surface area contributed by atoms with Crippen molar-refractivity contribution >= 4 is 18.2 Å². The molecule has 4 nitrogen and oxygen atoms in total. The first-order valence-corrected chi connectivity index (χ1v) is 3.51. The summed E-state index contributed by atoms with van der Waals surface area (Å²) in [5.74, 6) is -0.279. The van der Waals surface area contributed by atoms with E-state index in [0.717, 1.165) is 0 Å². The van der Waals surface area contributed by atoms with Crippen LogP contribution in [0.5, 0.6) is 0 Å². The third kappa shape index (κ3) is 2.78. The van der Waals surface area contributed by atoms with Gasteiger partial charge in [-0.05, 0) is 19.4 Å². The van der Waals surface area contributed by atoms with Crippen molar-refractivity contribution in [2.75, 3.05) is 0 Å². The van der Waals surface area contributed by atoms with Gasteiger partial charge in [-0.2, -0.15) is 4.98 Å². The summed E-state index contributed by atoms with van der Waals surface area (Å²) in [6, 6.07) is 0. The second-order valence-electron chi connectivity index (χ2n) is 2.53. The van der Waals surface area contributed by atoms with Crippen LogP contribution in [0.25, 0.3) is 5.83 Å². The molecule has 0 unspecified atom stereocenters. The Morgan fingerprint density at radius 2 is 2.15 bits per heavy atom. The molecule has 0 amide bonds. The van der Waals surface area contributed by atoms with Crippen LogP contribution in [0.3, 0.4) is 0 Å². The van der Waals surface area contributed by atoms with Crippen molar-refractivity contribution in [1.82, 2.24) is 10.1 Å². The predicted molar refractivity (Wildman–Crippen MR) is 48.8 cm³/mol. The number of hydrogen-bond donors (Lipinski definition) is 1. The van der Waals surface area contributed by atoms with Gasteiger partial charge in [0.2, 0.25) is 0 Å². The van der Waals surface area contributed by atoms with Gasteiger partial charge in [0.1, 0.15) is 0 Å². The first-order valence-electron chi connectivity index (χ1n) is 3.51. The van der Waals surface area contributed by atoms with E-state index in [9.17, 15) is 4.39 Å². The normalized spacial score (nSPS) is 9.23. The molecule has 0 spiro atoms. The zero-order valence-electron chi connectivity index (χ0n) is 7.37. The molecule has 13 heavy (non-hydrogen) atoms. The van der Waals surface area contributed by atoms with E-state index in [4.69, 9.17) is 5.73 Å². The molecule has 2 N–H and O–H groups in total. The maximum absolute atomic E-state index is 13.1. The molecule has 0 aliphatic heterocycles. The van der Waals surface area contributed by atoms with E-state index < -0.39 is 5.83 Å². The van der Waals surface area contributed by atoms with E-state index in [1.165, 1.54) is 0 Å². The topological polar surface area (TPSA) is 64.9 Å². The van der Waals surface area contributed by atoms with Crippen LogP contribution in [-0.4, -0.2) is 10.1 Å². The molecule has 1 aromatic rings. The van der Waals surface area contributed by atoms with E-state index in [1.54, 1.807) is 13.8 Å². The quantitative estimate of drug-likeness (QED) is 0.801. The fourth-order valence-corrected chi connectivity index (χ4v) is 0.640. The number of nitrogens with two attached hydrogens (primary N) is 1. The number of nitrogens with zero attached hydrogens (tertiary/aromatic N) is 2. The molecular formula is C7H11ClFN3O. The first-order chi connectivity index (χ1) is 5.65. The molecule has 0 saturated carbocycles. The Bertz CT molecular complexity index is 306. The molecule has 0 aliphatic rings. The molecule has 74 valence electrons. The third-order valence-electron chi connectivity index (χ3n) is 1.28. The molecule has 6 heteroatoms. The average molecular weight is 208 g/mol. The summed E-state index contributed by atoms with van der Waals surface area (Å²) < 4.78 is 17.7. The lowest BCUT2D eigenvalue weighted by Gasteiger charge is -1.89. The SMILES string of the molecule is CC(C)=C(F)c1nc(CN)no1.Cl. The van der Waals surface area contributed by atoms with Crippen LogP contribution in [0.1, 0.15) is 25.6 Å². The second kappa shape index (κ2) is 4.94. The van der Waals surface area contributed by atoms with Crippen LogP contribution in [-0.2, 0) is 6.54 Å². The average Bonchev–Trinajstić information content (AvgIpc) is 2.50. The summed E-state index contributed by atoms with van der Waals surface area (Å²) in [6.45, 7) is 3.41. The van der Waals surface area contributed by atoms with Gasteiger partial charge in [0.25, 0.3) is 5.89 Å². The summed E-state index contributed by atoms with van der Waals surface area (Å²) in [4.78, 5) is 3.71. The molecule has 0 aliphatic carbocycles. The molecule has 1 heterocycles. The third-order valence-corrected chi connectivity index (χ3v) is 1.28. The number of allylic oxidation sites excluding steroid dienone is 1. The predicted octanol–water partition coefficient (Wildman–Crippen LogP) is 1.67. The minimum Gasteiger partial charge on any atom is -0.331 e. The molecule has 0 aromatic carbocycles. The summed E-state index contributed by atoms with van der Waals surface area (Å²) in [5, 5.41) is 3.45. The van der Waals surface area contributed by atoms with E-state index in [2.05, 4.69) is 14.7 Å². The maximum atomic E-state index is 13.1. The van der Waals surface area contributed by atoms with Gasteiger partial charge in [-0.15, -0.1) is 12.4 Å². The monoisotopic (exact) mass is 207 g/mol. The largest absolute Gasteiger partial charge is 0.331 e. The van der Waals surface area contributed by atoms with Gasteiger partial charge in [0, 0.05) is 0 Å². The highest BCUT2D eigenvalue weighted by molar-refractivity contribution is 5.85. The molecule has 1 rings (SSSR count). The van der Waals surface area contributed by atoms with Gasteiger partial charge >= 0.3 is 0 Å². The van der Waals surface area contributed by atoms with Gasteiger partial charge < -0.3 is 10.3 Å². The zero-order valence-corrected chi connectivity index (χ0v) is 8.19. The van der Waals surface area contributed by atoms with E-state index in [1.807, 2.05) is 0 Å². The van der Waals surface area contributed by atoms with Crippen molar-refractivity contribution in [3.05, 3.63) is 17.3 Å². The van der Waals surface area contributed by atoms with Crippen molar-refractivity contribution in [2.45, 2.75) is 20.4 Å². The summed E-state index contributed by atoms with van der Waals surface area (Å²) >= 11 is 0. The number of aromatic nitrogens is 2. The highest BCUT2D eigenvalue weighted by Crippen LogP contribution is 2.17. The minimum absolute atomic E-state index is 0. The van der Waals surface area contributed by atoms with Gasteiger partial charge in [0.05, 0.1) is 6.54 Å². The van der Waals surface area contributed by atoms with E-state index in [0.29, 0.717) is 11.4 Å². The molecule has 0 bridgehead atoms. The van der Waals surface area contributed by atoms with Crippen LogP contribution < -0.4 is 5.73 Å². The lowest BCUT2D eigenvalue weighted by atomic mass is 10.3. The van der Waals surface area contributed by atoms with Crippen molar-refractivity contribution in [3.8, 4) is 0 Å². The smallest absolute Gasteiger partial charge is 0.286 e. The zero-order chi connectivity index (χ0) is 9.14. The van der Waals surface area contributed by atoms with Gasteiger partial charge in [-0.3, -0.25) is 0 Å². The fourth-order valence-electron chi connectivity index (χ4n) is 0.640. The fraction of sp³-hybridized carbons (Fsp3) is 0.429. The van der Waals surface area contributed by atoms with Gasteiger partial charge in [-0.25, -0.2) is 4.39 Å². The highest BCUT2D eigenvalue weighted by Gasteiger charge is 2.10. The maximum Gasteiger partial charge on any atom is 0.286 e. The van der Waals surface area contributed by atoms with Crippen LogP contribution in [0.4, 0.5) is 4.39 Å². The Hall–Kier alpha value is -0.940. The Kier molecular flexibility index (Phi) is 4.58. The van der Waals surface area contributed by atoms with Crippen LogP contribution >= 0.6 is 12.4 Å². The van der Waals surface area contributed by atoms with Crippen LogP contribution in [0.2, 0.25) is 0 Å². The van der Waals surface area contributed by atoms with Gasteiger partial charge in [0.15, 0.2) is 11.7 Å². The lowest BCUT2D eigenvalue weighted by Crippen LogP contribution is -1.98. The van der Waals surface area contributed by atoms with Crippen molar-refractivity contribution in [3.63, 3.8) is 0 Å². The summed E-state index contributed by atoms with van der Waals surface area (Å²) in [7, 11) is 0. The molecule has 0 fully saturated rings. The highest BCUT2D eigenvalue weighted by atomic mass is 35.5.